The number of likely N-dealkylation sites (tertiary alicyclic amines) is 1. The number of aliphatic hydroxyl groups is 1. The van der Waals surface area contributed by atoms with E-state index in [4.69, 9.17) is 4.52 Å². The number of aliphatic hydroxyl groups excluding tert-OH is 1. The Labute approximate surface area is 148 Å². The lowest BCUT2D eigenvalue weighted by molar-refractivity contribution is -0.130. The van der Waals surface area contributed by atoms with Gasteiger partial charge in [-0.2, -0.15) is 16.3 Å². The topological polar surface area (TPSA) is 79.5 Å². The van der Waals surface area contributed by atoms with E-state index < -0.39 is 6.10 Å². The highest BCUT2D eigenvalue weighted by Gasteiger charge is 2.37. The van der Waals surface area contributed by atoms with E-state index in [0.29, 0.717) is 24.7 Å². The van der Waals surface area contributed by atoms with Crippen molar-refractivity contribution in [1.82, 2.24) is 15.0 Å². The molecule has 0 radical (unpaired) electrons. The van der Waals surface area contributed by atoms with Gasteiger partial charge >= 0.3 is 0 Å². The number of hydrogen-bond acceptors (Lipinski definition) is 6. The van der Waals surface area contributed by atoms with Gasteiger partial charge in [-0.15, -0.1) is 0 Å². The van der Waals surface area contributed by atoms with Crippen LogP contribution in [0, 0.1) is 0 Å². The van der Waals surface area contributed by atoms with Crippen molar-refractivity contribution in [2.24, 2.45) is 0 Å². The summed E-state index contributed by atoms with van der Waals surface area (Å²) < 4.78 is 5.37. The fourth-order valence-electron chi connectivity index (χ4n) is 3.12. The molecule has 3 heterocycles. The Hall–Kier alpha value is -2.51. The molecule has 7 heteroatoms. The third kappa shape index (κ3) is 3.08. The van der Waals surface area contributed by atoms with Gasteiger partial charge in [0, 0.05) is 25.5 Å². The van der Waals surface area contributed by atoms with E-state index in [1.54, 1.807) is 16.2 Å². The molecule has 1 aliphatic rings. The summed E-state index contributed by atoms with van der Waals surface area (Å²) in [6.07, 6.45) is -0.146. The molecule has 0 saturated carbocycles. The zero-order chi connectivity index (χ0) is 17.4. The van der Waals surface area contributed by atoms with E-state index in [0.717, 1.165) is 11.1 Å². The maximum atomic E-state index is 11.7. The molecule has 1 aromatic carbocycles. The number of carbonyl (C=O) groups is 1. The number of nitrogens with zero attached hydrogens (tertiary/aromatic N) is 3. The Morgan fingerprint density at radius 3 is 2.68 bits per heavy atom. The van der Waals surface area contributed by atoms with E-state index in [1.165, 1.54) is 12.5 Å². The van der Waals surface area contributed by atoms with Crippen LogP contribution in [0.5, 0.6) is 0 Å². The predicted molar refractivity (Wildman–Crippen MR) is 93.8 cm³/mol. The first-order chi connectivity index (χ1) is 12.1. The molecule has 2 aromatic heterocycles. The molecule has 1 amide bonds. The number of hydrogen-bond donors (Lipinski definition) is 1. The fourth-order valence-corrected chi connectivity index (χ4v) is 3.79. The third-order valence-corrected chi connectivity index (χ3v) is 5.09. The largest absolute Gasteiger partial charge is 0.391 e. The number of rotatable bonds is 3. The van der Waals surface area contributed by atoms with Crippen LogP contribution in [0.1, 0.15) is 25.3 Å². The Morgan fingerprint density at radius 2 is 2.00 bits per heavy atom. The summed E-state index contributed by atoms with van der Waals surface area (Å²) in [6.45, 7) is 1.78. The number of thiophene rings is 1. The minimum absolute atomic E-state index is 0.110. The molecule has 0 unspecified atom stereocenters. The number of benzene rings is 1. The monoisotopic (exact) mass is 355 g/mol. The first-order valence-electron chi connectivity index (χ1n) is 8.03. The molecule has 6 nitrogen and oxygen atoms in total. The van der Waals surface area contributed by atoms with Gasteiger partial charge in [-0.05, 0) is 28.0 Å². The van der Waals surface area contributed by atoms with Gasteiger partial charge in [0.1, 0.15) is 6.04 Å². The van der Waals surface area contributed by atoms with Gasteiger partial charge in [0.05, 0.1) is 6.10 Å². The molecular formula is C18H17N3O3S. The lowest BCUT2D eigenvalue weighted by atomic mass is 10.1. The van der Waals surface area contributed by atoms with Gasteiger partial charge < -0.3 is 14.5 Å². The van der Waals surface area contributed by atoms with E-state index in [9.17, 15) is 9.90 Å². The predicted octanol–water partition coefficient (Wildman–Crippen LogP) is 3.12. The normalized spacial score (nSPS) is 20.2. The highest BCUT2D eigenvalue weighted by Crippen LogP contribution is 2.32. The van der Waals surface area contributed by atoms with Crippen LogP contribution in [-0.2, 0) is 4.79 Å². The fraction of sp³-hybridized carbons (Fsp3) is 0.278. The molecule has 1 fully saturated rings. The van der Waals surface area contributed by atoms with Crippen molar-refractivity contribution in [2.75, 3.05) is 6.54 Å². The van der Waals surface area contributed by atoms with E-state index in [1.807, 2.05) is 29.6 Å². The molecule has 1 N–H and O–H groups in total. The second-order valence-corrected chi connectivity index (χ2v) is 6.90. The first kappa shape index (κ1) is 16.0. The quantitative estimate of drug-likeness (QED) is 0.781. The highest BCUT2D eigenvalue weighted by molar-refractivity contribution is 7.08. The van der Waals surface area contributed by atoms with Crippen molar-refractivity contribution >= 4 is 17.2 Å². The lowest BCUT2D eigenvalue weighted by Gasteiger charge is -2.19. The lowest BCUT2D eigenvalue weighted by Crippen LogP contribution is -2.29. The van der Waals surface area contributed by atoms with Crippen molar-refractivity contribution in [3.05, 3.63) is 47.0 Å². The maximum absolute atomic E-state index is 11.7. The van der Waals surface area contributed by atoms with E-state index >= 15 is 0 Å². The van der Waals surface area contributed by atoms with Crippen LogP contribution in [0.15, 0.2) is 45.6 Å². The van der Waals surface area contributed by atoms with Gasteiger partial charge in [-0.1, -0.05) is 29.4 Å². The van der Waals surface area contributed by atoms with Gasteiger partial charge in [0.15, 0.2) is 0 Å². The number of carbonyl (C=O) groups excluding carboxylic acids is 1. The molecule has 1 saturated heterocycles. The zero-order valence-corrected chi connectivity index (χ0v) is 14.4. The minimum Gasteiger partial charge on any atom is -0.391 e. The maximum Gasteiger partial charge on any atom is 0.249 e. The average Bonchev–Trinajstić information content (AvgIpc) is 3.35. The van der Waals surface area contributed by atoms with Crippen LogP contribution < -0.4 is 0 Å². The van der Waals surface area contributed by atoms with Gasteiger partial charge in [0.25, 0.3) is 0 Å². The Kier molecular flexibility index (Phi) is 4.10. The Balaban J connectivity index is 1.58. The second-order valence-electron chi connectivity index (χ2n) is 6.12. The van der Waals surface area contributed by atoms with Crippen LogP contribution in [-0.4, -0.2) is 38.7 Å². The van der Waals surface area contributed by atoms with Gasteiger partial charge in [-0.3, -0.25) is 4.79 Å². The summed E-state index contributed by atoms with van der Waals surface area (Å²) in [5.74, 6) is 0.738. The number of amides is 1. The van der Waals surface area contributed by atoms with Crippen molar-refractivity contribution < 1.29 is 14.4 Å². The zero-order valence-electron chi connectivity index (χ0n) is 13.6. The highest BCUT2D eigenvalue weighted by atomic mass is 32.1. The average molecular weight is 355 g/mol. The van der Waals surface area contributed by atoms with Crippen molar-refractivity contribution in [2.45, 2.75) is 25.5 Å². The molecule has 0 bridgehead atoms. The molecule has 25 heavy (non-hydrogen) atoms. The summed E-state index contributed by atoms with van der Waals surface area (Å²) in [4.78, 5) is 17.7. The molecule has 128 valence electrons. The SMILES string of the molecule is CC(=O)N1C[C@H](O)C[C@H]1c1nc(-c2ccc(-c3ccsc3)cc2)no1. The van der Waals surface area contributed by atoms with Crippen LogP contribution >= 0.6 is 11.3 Å². The van der Waals surface area contributed by atoms with Crippen LogP contribution in [0.2, 0.25) is 0 Å². The Bertz CT molecular complexity index is 873. The second kappa shape index (κ2) is 6.42. The first-order valence-corrected chi connectivity index (χ1v) is 8.98. The summed E-state index contributed by atoms with van der Waals surface area (Å²) in [6, 6.07) is 9.66. The standard InChI is InChI=1S/C18H17N3O3S/c1-11(22)21-9-15(23)8-16(21)18-19-17(20-24-18)13-4-2-12(3-5-13)14-6-7-25-10-14/h2-7,10,15-16,23H,8-9H2,1H3/t15-,16+/m1/s1. The van der Waals surface area contributed by atoms with E-state index in [-0.39, 0.29) is 11.9 Å². The molecule has 1 aliphatic heterocycles. The summed E-state index contributed by atoms with van der Waals surface area (Å²) >= 11 is 1.66. The minimum atomic E-state index is -0.561. The molecular weight excluding hydrogens is 338 g/mol. The molecule has 4 rings (SSSR count). The van der Waals surface area contributed by atoms with Gasteiger partial charge in [-0.25, -0.2) is 0 Å². The van der Waals surface area contributed by atoms with Crippen LogP contribution in [0.3, 0.4) is 0 Å². The Morgan fingerprint density at radius 1 is 1.24 bits per heavy atom. The molecule has 3 aromatic rings. The molecule has 0 aliphatic carbocycles. The van der Waals surface area contributed by atoms with Gasteiger partial charge in [0.2, 0.25) is 17.6 Å². The van der Waals surface area contributed by atoms with Crippen molar-refractivity contribution in [1.29, 1.82) is 0 Å². The third-order valence-electron chi connectivity index (χ3n) is 4.41. The van der Waals surface area contributed by atoms with Crippen LogP contribution in [0.25, 0.3) is 22.5 Å². The smallest absolute Gasteiger partial charge is 0.249 e. The van der Waals surface area contributed by atoms with Crippen LogP contribution in [0.4, 0.5) is 0 Å². The number of aromatic nitrogens is 2. The van der Waals surface area contributed by atoms with E-state index in [2.05, 4.69) is 21.6 Å². The van der Waals surface area contributed by atoms with Crippen molar-refractivity contribution in [3.63, 3.8) is 0 Å². The van der Waals surface area contributed by atoms with Crippen molar-refractivity contribution in [3.8, 4) is 22.5 Å². The summed E-state index contributed by atoms with van der Waals surface area (Å²) in [7, 11) is 0. The number of β-amino-alcohol motifs (C(OH)–C–C–N with tert-alkyl or cyclic N) is 1. The molecule has 2 atom stereocenters. The summed E-state index contributed by atoms with van der Waals surface area (Å²) in [5, 5.41) is 18.0. The molecule has 0 spiro atoms. The summed E-state index contributed by atoms with van der Waals surface area (Å²) in [5.41, 5.74) is 3.17.